The summed E-state index contributed by atoms with van der Waals surface area (Å²) in [5.74, 6) is 0.559. The van der Waals surface area contributed by atoms with Crippen LogP contribution in [-0.2, 0) is 12.4 Å². The molecule has 1 heterocycles. The maximum Gasteiger partial charge on any atom is 0.205 e. The average Bonchev–Trinajstić information content (AvgIpc) is 2.73. The van der Waals surface area contributed by atoms with Crippen LogP contribution in [0.2, 0.25) is 0 Å². The molecule has 3 nitrogen and oxygen atoms in total. The molecular formula is C11H12ClN3S. The number of hydrogen-bond acceptors (Lipinski definition) is 4. The minimum atomic E-state index is 0.559. The first-order chi connectivity index (χ1) is 7.78. The number of anilines is 1. The third-order valence-electron chi connectivity index (χ3n) is 2.15. The lowest BCUT2D eigenvalue weighted by Crippen LogP contribution is -1.98. The largest absolute Gasteiger partial charge is 0.356 e. The molecule has 0 aliphatic heterocycles. The molecule has 2 aromatic rings. The quantitative estimate of drug-likeness (QED) is 0.851. The molecule has 0 fully saturated rings. The Bertz CT molecular complexity index is 453. The Morgan fingerprint density at radius 3 is 2.44 bits per heavy atom. The number of hydrogen-bond donors (Lipinski definition) is 1. The molecule has 0 saturated heterocycles. The van der Waals surface area contributed by atoms with Crippen LogP contribution in [0, 0.1) is 6.92 Å². The standard InChI is InChI=1S/C11H12ClN3S/c1-8-14-15-11(16-8)13-7-10-4-2-9(6-12)3-5-10/h2-5H,6-7H2,1H3,(H,13,15). The molecule has 0 aliphatic carbocycles. The Balaban J connectivity index is 1.94. The SMILES string of the molecule is Cc1nnc(NCc2ccc(CCl)cc2)s1. The number of rotatable bonds is 4. The van der Waals surface area contributed by atoms with Crippen LogP contribution in [-0.4, -0.2) is 10.2 Å². The fourth-order valence-corrected chi connectivity index (χ4v) is 2.06. The van der Waals surface area contributed by atoms with E-state index in [-0.39, 0.29) is 0 Å². The summed E-state index contributed by atoms with van der Waals surface area (Å²) in [5.41, 5.74) is 2.35. The van der Waals surface area contributed by atoms with E-state index in [1.165, 1.54) is 5.56 Å². The molecule has 0 amide bonds. The van der Waals surface area contributed by atoms with Crippen molar-refractivity contribution >= 4 is 28.1 Å². The van der Waals surface area contributed by atoms with Crippen molar-refractivity contribution in [2.24, 2.45) is 0 Å². The van der Waals surface area contributed by atoms with Crippen LogP contribution in [0.15, 0.2) is 24.3 Å². The zero-order valence-electron chi connectivity index (χ0n) is 8.90. The van der Waals surface area contributed by atoms with Crippen LogP contribution in [0.1, 0.15) is 16.1 Å². The van der Waals surface area contributed by atoms with Crippen LogP contribution >= 0.6 is 22.9 Å². The summed E-state index contributed by atoms with van der Waals surface area (Å²) in [6, 6.07) is 8.21. The molecule has 16 heavy (non-hydrogen) atoms. The van der Waals surface area contributed by atoms with Gasteiger partial charge in [0.2, 0.25) is 5.13 Å². The summed E-state index contributed by atoms with van der Waals surface area (Å²) in [6.07, 6.45) is 0. The van der Waals surface area contributed by atoms with Crippen molar-refractivity contribution in [1.82, 2.24) is 10.2 Å². The van der Waals surface area contributed by atoms with Gasteiger partial charge in [-0.3, -0.25) is 0 Å². The first-order valence-electron chi connectivity index (χ1n) is 4.95. The summed E-state index contributed by atoms with van der Waals surface area (Å²) in [4.78, 5) is 0. The van der Waals surface area contributed by atoms with Gasteiger partial charge in [-0.2, -0.15) is 0 Å². The van der Waals surface area contributed by atoms with E-state index >= 15 is 0 Å². The molecule has 84 valence electrons. The second-order valence-corrected chi connectivity index (χ2v) is 4.88. The molecule has 0 atom stereocenters. The number of nitrogens with zero attached hydrogens (tertiary/aromatic N) is 2. The fraction of sp³-hybridized carbons (Fsp3) is 0.273. The number of aromatic nitrogens is 2. The van der Waals surface area contributed by atoms with Gasteiger partial charge >= 0.3 is 0 Å². The van der Waals surface area contributed by atoms with Gasteiger partial charge in [0.1, 0.15) is 5.01 Å². The summed E-state index contributed by atoms with van der Waals surface area (Å²) in [5, 5.41) is 13.0. The van der Waals surface area contributed by atoms with E-state index in [1.807, 2.05) is 19.1 Å². The first kappa shape index (κ1) is 11.4. The smallest absolute Gasteiger partial charge is 0.205 e. The monoisotopic (exact) mass is 253 g/mol. The third kappa shape index (κ3) is 2.93. The second kappa shape index (κ2) is 5.27. The van der Waals surface area contributed by atoms with Gasteiger partial charge in [0.05, 0.1) is 0 Å². The van der Waals surface area contributed by atoms with Gasteiger partial charge in [-0.25, -0.2) is 0 Å². The lowest BCUT2D eigenvalue weighted by Gasteiger charge is -2.02. The Labute approximate surface area is 103 Å². The molecule has 2 rings (SSSR count). The van der Waals surface area contributed by atoms with Crippen LogP contribution in [0.25, 0.3) is 0 Å². The topological polar surface area (TPSA) is 37.8 Å². The third-order valence-corrected chi connectivity index (χ3v) is 3.25. The van der Waals surface area contributed by atoms with Crippen molar-refractivity contribution in [3.05, 3.63) is 40.4 Å². The van der Waals surface area contributed by atoms with E-state index in [9.17, 15) is 0 Å². The van der Waals surface area contributed by atoms with Crippen molar-refractivity contribution in [3.8, 4) is 0 Å². The van der Waals surface area contributed by atoms with Crippen molar-refractivity contribution in [1.29, 1.82) is 0 Å². The Morgan fingerprint density at radius 1 is 1.19 bits per heavy atom. The van der Waals surface area contributed by atoms with E-state index in [1.54, 1.807) is 11.3 Å². The minimum absolute atomic E-state index is 0.559. The fourth-order valence-electron chi connectivity index (χ4n) is 1.29. The van der Waals surface area contributed by atoms with Gasteiger partial charge in [-0.1, -0.05) is 35.6 Å². The predicted octanol–water partition coefficient (Wildman–Crippen LogP) is 3.20. The zero-order valence-corrected chi connectivity index (χ0v) is 10.5. The summed E-state index contributed by atoms with van der Waals surface area (Å²) >= 11 is 7.28. The summed E-state index contributed by atoms with van der Waals surface area (Å²) in [7, 11) is 0. The van der Waals surface area contributed by atoms with Crippen LogP contribution in [0.5, 0.6) is 0 Å². The van der Waals surface area contributed by atoms with Gasteiger partial charge in [0.15, 0.2) is 0 Å². The number of aryl methyl sites for hydroxylation is 1. The van der Waals surface area contributed by atoms with Crippen LogP contribution in [0.3, 0.4) is 0 Å². The van der Waals surface area contributed by atoms with Gasteiger partial charge < -0.3 is 5.32 Å². The maximum absolute atomic E-state index is 5.72. The molecule has 1 aromatic carbocycles. The van der Waals surface area contributed by atoms with E-state index in [4.69, 9.17) is 11.6 Å². The van der Waals surface area contributed by atoms with Crippen molar-refractivity contribution in [2.45, 2.75) is 19.3 Å². The van der Waals surface area contributed by atoms with Crippen LogP contribution in [0.4, 0.5) is 5.13 Å². The second-order valence-electron chi connectivity index (χ2n) is 3.43. The van der Waals surface area contributed by atoms with Crippen LogP contribution < -0.4 is 5.32 Å². The number of alkyl halides is 1. The Kier molecular flexibility index (Phi) is 3.74. The normalized spacial score (nSPS) is 10.4. The minimum Gasteiger partial charge on any atom is -0.356 e. The van der Waals surface area contributed by atoms with E-state index in [0.717, 1.165) is 22.2 Å². The van der Waals surface area contributed by atoms with Gasteiger partial charge in [0.25, 0.3) is 0 Å². The molecule has 1 N–H and O–H groups in total. The van der Waals surface area contributed by atoms with E-state index < -0.39 is 0 Å². The molecule has 0 unspecified atom stereocenters. The van der Waals surface area contributed by atoms with Crippen molar-refractivity contribution in [2.75, 3.05) is 5.32 Å². The number of nitrogens with one attached hydrogen (secondary N) is 1. The number of halogens is 1. The number of benzene rings is 1. The van der Waals surface area contributed by atoms with Crippen molar-refractivity contribution < 1.29 is 0 Å². The molecule has 1 aromatic heterocycles. The summed E-state index contributed by atoms with van der Waals surface area (Å²) < 4.78 is 0. The summed E-state index contributed by atoms with van der Waals surface area (Å²) in [6.45, 7) is 2.70. The molecular weight excluding hydrogens is 242 g/mol. The highest BCUT2D eigenvalue weighted by molar-refractivity contribution is 7.15. The molecule has 5 heteroatoms. The van der Waals surface area contributed by atoms with E-state index in [2.05, 4.69) is 27.6 Å². The highest BCUT2D eigenvalue weighted by Crippen LogP contribution is 2.15. The molecule has 0 spiro atoms. The lowest BCUT2D eigenvalue weighted by molar-refractivity contribution is 1.02. The Hall–Kier alpha value is -1.13. The highest BCUT2D eigenvalue weighted by atomic mass is 35.5. The lowest BCUT2D eigenvalue weighted by atomic mass is 10.1. The molecule has 0 bridgehead atoms. The Morgan fingerprint density at radius 2 is 1.88 bits per heavy atom. The molecule has 0 aliphatic rings. The van der Waals surface area contributed by atoms with Gasteiger partial charge in [0, 0.05) is 12.4 Å². The van der Waals surface area contributed by atoms with Crippen molar-refractivity contribution in [3.63, 3.8) is 0 Å². The zero-order chi connectivity index (χ0) is 11.4. The van der Waals surface area contributed by atoms with E-state index in [0.29, 0.717) is 5.88 Å². The first-order valence-corrected chi connectivity index (χ1v) is 6.31. The maximum atomic E-state index is 5.72. The predicted molar refractivity (Wildman–Crippen MR) is 68.0 cm³/mol. The molecule has 0 saturated carbocycles. The van der Waals surface area contributed by atoms with Gasteiger partial charge in [-0.15, -0.1) is 21.8 Å². The highest BCUT2D eigenvalue weighted by Gasteiger charge is 1.99. The average molecular weight is 254 g/mol. The molecule has 0 radical (unpaired) electrons. The van der Waals surface area contributed by atoms with Gasteiger partial charge in [-0.05, 0) is 18.1 Å².